The van der Waals surface area contributed by atoms with Crippen LogP contribution < -0.4 is 5.32 Å². The highest BCUT2D eigenvalue weighted by Gasteiger charge is 2.02. The highest BCUT2D eigenvalue weighted by Crippen LogP contribution is 2.28. The third-order valence-electron chi connectivity index (χ3n) is 1.89. The molecule has 0 spiro atoms. The van der Waals surface area contributed by atoms with Crippen LogP contribution in [0.4, 0.5) is 5.69 Å². The van der Waals surface area contributed by atoms with Crippen LogP contribution in [0.5, 0.6) is 0 Å². The van der Waals surface area contributed by atoms with Crippen molar-refractivity contribution in [1.29, 1.82) is 0 Å². The fourth-order valence-corrected chi connectivity index (χ4v) is 1.83. The predicted molar refractivity (Wildman–Crippen MR) is 67.2 cm³/mol. The van der Waals surface area contributed by atoms with Gasteiger partial charge in [0.25, 0.3) is 0 Å². The largest absolute Gasteiger partial charge is 0.381 e. The molecule has 0 aliphatic rings. The maximum absolute atomic E-state index is 6.02. The molecule has 0 aromatic heterocycles. The lowest BCUT2D eigenvalue weighted by atomic mass is 10.2. The second kappa shape index (κ2) is 5.42. The molecule has 0 aliphatic carbocycles. The minimum Gasteiger partial charge on any atom is -0.381 e. The Hall–Kier alpha value is -0.470. The molecule has 0 saturated carbocycles. The Kier molecular flexibility index (Phi) is 4.49. The van der Waals surface area contributed by atoms with E-state index in [4.69, 9.17) is 11.6 Å². The third kappa shape index (κ3) is 3.03. The monoisotopic (exact) mass is 273 g/mol. The summed E-state index contributed by atoms with van der Waals surface area (Å²) in [5.41, 5.74) is 2.11. The van der Waals surface area contributed by atoms with Crippen molar-refractivity contribution in [3.8, 4) is 0 Å². The number of rotatable bonds is 3. The number of aryl methyl sites for hydroxylation is 1. The fourth-order valence-electron chi connectivity index (χ4n) is 1.07. The minimum absolute atomic E-state index is 0.788. The number of hydrogen-bond acceptors (Lipinski definition) is 1. The van der Waals surface area contributed by atoms with Gasteiger partial charge in [-0.25, -0.2) is 0 Å². The van der Waals surface area contributed by atoms with E-state index in [9.17, 15) is 0 Å². The first-order valence-corrected chi connectivity index (χ1v) is 5.63. The van der Waals surface area contributed by atoms with E-state index in [1.54, 1.807) is 0 Å². The van der Waals surface area contributed by atoms with Crippen LogP contribution in [0.25, 0.3) is 0 Å². The molecule has 1 N–H and O–H groups in total. The van der Waals surface area contributed by atoms with Crippen molar-refractivity contribution >= 4 is 33.2 Å². The van der Waals surface area contributed by atoms with Gasteiger partial charge < -0.3 is 5.32 Å². The molecular weight excluding hydrogens is 261 g/mol. The Balaban J connectivity index is 2.81. The summed E-state index contributed by atoms with van der Waals surface area (Å²) >= 11 is 9.51. The van der Waals surface area contributed by atoms with Gasteiger partial charge in [0.05, 0.1) is 5.69 Å². The maximum atomic E-state index is 6.02. The van der Waals surface area contributed by atoms with Gasteiger partial charge in [0.1, 0.15) is 0 Å². The van der Waals surface area contributed by atoms with E-state index < -0.39 is 0 Å². The first-order valence-electron chi connectivity index (χ1n) is 4.46. The molecule has 76 valence electrons. The van der Waals surface area contributed by atoms with Gasteiger partial charge in [-0.2, -0.15) is 0 Å². The zero-order chi connectivity index (χ0) is 10.6. The molecule has 0 amide bonds. The second-order valence-corrected chi connectivity index (χ2v) is 4.29. The SMILES string of the molecule is C/C=C/CNc1cc(Cl)c(C)cc1Br. The van der Waals surface area contributed by atoms with Gasteiger partial charge in [-0.1, -0.05) is 23.8 Å². The molecule has 1 aromatic rings. The van der Waals surface area contributed by atoms with E-state index in [0.717, 1.165) is 27.3 Å². The molecule has 0 saturated heterocycles. The number of nitrogens with one attached hydrogen (secondary N) is 1. The number of benzene rings is 1. The van der Waals surface area contributed by atoms with Crippen molar-refractivity contribution < 1.29 is 0 Å². The van der Waals surface area contributed by atoms with Gasteiger partial charge in [-0.05, 0) is 47.5 Å². The maximum Gasteiger partial charge on any atom is 0.0502 e. The van der Waals surface area contributed by atoms with Gasteiger partial charge in [-0.3, -0.25) is 0 Å². The molecular formula is C11H13BrClN. The molecule has 1 aromatic carbocycles. The fraction of sp³-hybridized carbons (Fsp3) is 0.273. The lowest BCUT2D eigenvalue weighted by Crippen LogP contribution is -1.99. The van der Waals surface area contributed by atoms with Crippen LogP contribution in [-0.2, 0) is 0 Å². The minimum atomic E-state index is 0.788. The molecule has 0 radical (unpaired) electrons. The first kappa shape index (κ1) is 11.6. The predicted octanol–water partition coefficient (Wildman–Crippen LogP) is 4.40. The average molecular weight is 275 g/mol. The van der Waals surface area contributed by atoms with Crippen molar-refractivity contribution in [3.63, 3.8) is 0 Å². The Morgan fingerprint density at radius 1 is 1.50 bits per heavy atom. The topological polar surface area (TPSA) is 12.0 Å². The Morgan fingerprint density at radius 2 is 2.21 bits per heavy atom. The van der Waals surface area contributed by atoms with Crippen LogP contribution in [-0.4, -0.2) is 6.54 Å². The second-order valence-electron chi connectivity index (χ2n) is 3.03. The summed E-state index contributed by atoms with van der Waals surface area (Å²) in [6.07, 6.45) is 4.07. The van der Waals surface area contributed by atoms with Gasteiger partial charge in [-0.15, -0.1) is 0 Å². The molecule has 1 nitrogen and oxygen atoms in total. The lowest BCUT2D eigenvalue weighted by Gasteiger charge is -2.08. The molecule has 14 heavy (non-hydrogen) atoms. The standard InChI is InChI=1S/C11H13BrClN/c1-3-4-5-14-11-7-10(13)8(2)6-9(11)12/h3-4,6-7,14H,5H2,1-2H3/b4-3+. The zero-order valence-corrected chi connectivity index (χ0v) is 10.6. The summed E-state index contributed by atoms with van der Waals surface area (Å²) < 4.78 is 1.05. The molecule has 0 bridgehead atoms. The zero-order valence-electron chi connectivity index (χ0n) is 8.27. The molecule has 0 atom stereocenters. The van der Waals surface area contributed by atoms with Gasteiger partial charge in [0.2, 0.25) is 0 Å². The Morgan fingerprint density at radius 3 is 2.86 bits per heavy atom. The van der Waals surface area contributed by atoms with Gasteiger partial charge >= 0.3 is 0 Å². The number of allylic oxidation sites excluding steroid dienone is 1. The van der Waals surface area contributed by atoms with E-state index in [-0.39, 0.29) is 0 Å². The summed E-state index contributed by atoms with van der Waals surface area (Å²) in [5, 5.41) is 4.05. The molecule has 1 rings (SSSR count). The normalized spacial score (nSPS) is 10.9. The van der Waals surface area contributed by atoms with Crippen molar-refractivity contribution in [2.24, 2.45) is 0 Å². The van der Waals surface area contributed by atoms with Crippen LogP contribution in [0, 0.1) is 6.92 Å². The summed E-state index contributed by atoms with van der Waals surface area (Å²) in [5.74, 6) is 0. The van der Waals surface area contributed by atoms with Crippen LogP contribution in [0.2, 0.25) is 5.02 Å². The van der Waals surface area contributed by atoms with Crippen LogP contribution in [0.3, 0.4) is 0 Å². The van der Waals surface area contributed by atoms with Crippen molar-refractivity contribution in [2.45, 2.75) is 13.8 Å². The summed E-state index contributed by atoms with van der Waals surface area (Å²) in [6.45, 7) is 4.80. The number of anilines is 1. The van der Waals surface area contributed by atoms with Crippen LogP contribution in [0.15, 0.2) is 28.8 Å². The van der Waals surface area contributed by atoms with Crippen molar-refractivity contribution in [3.05, 3.63) is 39.3 Å². The van der Waals surface area contributed by atoms with Crippen molar-refractivity contribution in [1.82, 2.24) is 0 Å². The molecule has 3 heteroatoms. The van der Waals surface area contributed by atoms with E-state index in [0.29, 0.717) is 0 Å². The lowest BCUT2D eigenvalue weighted by molar-refractivity contribution is 1.31. The van der Waals surface area contributed by atoms with E-state index in [1.807, 2.05) is 32.1 Å². The number of hydrogen-bond donors (Lipinski definition) is 1. The molecule has 0 heterocycles. The molecule has 0 fully saturated rings. The summed E-state index contributed by atoms with van der Waals surface area (Å²) in [7, 11) is 0. The molecule has 0 aliphatic heterocycles. The quantitative estimate of drug-likeness (QED) is 0.806. The third-order valence-corrected chi connectivity index (χ3v) is 2.96. The number of halogens is 2. The van der Waals surface area contributed by atoms with E-state index >= 15 is 0 Å². The molecule has 0 unspecified atom stereocenters. The van der Waals surface area contributed by atoms with E-state index in [1.165, 1.54) is 0 Å². The highest BCUT2D eigenvalue weighted by molar-refractivity contribution is 9.10. The summed E-state index contributed by atoms with van der Waals surface area (Å²) in [6, 6.07) is 3.95. The smallest absolute Gasteiger partial charge is 0.0502 e. The Bertz CT molecular complexity index is 347. The Labute approximate surface area is 98.3 Å². The summed E-state index contributed by atoms with van der Waals surface area (Å²) in [4.78, 5) is 0. The van der Waals surface area contributed by atoms with Gasteiger partial charge in [0.15, 0.2) is 0 Å². The highest BCUT2D eigenvalue weighted by atomic mass is 79.9. The van der Waals surface area contributed by atoms with Crippen LogP contribution in [0.1, 0.15) is 12.5 Å². The van der Waals surface area contributed by atoms with Gasteiger partial charge in [0, 0.05) is 16.0 Å². The first-order chi connectivity index (χ1) is 6.65. The van der Waals surface area contributed by atoms with Crippen molar-refractivity contribution in [2.75, 3.05) is 11.9 Å². The average Bonchev–Trinajstić information content (AvgIpc) is 2.14. The van der Waals surface area contributed by atoms with E-state index in [2.05, 4.69) is 27.3 Å². The van der Waals surface area contributed by atoms with Crippen LogP contribution >= 0.6 is 27.5 Å².